The van der Waals surface area contributed by atoms with Crippen LogP contribution in [0, 0.1) is 0 Å². The van der Waals surface area contributed by atoms with Crippen LogP contribution < -0.4 is 5.32 Å². The van der Waals surface area contributed by atoms with Crippen LogP contribution in [0.2, 0.25) is 0 Å². The quantitative estimate of drug-likeness (QED) is 0.922. The van der Waals surface area contributed by atoms with Gasteiger partial charge in [-0.3, -0.25) is 4.68 Å². The van der Waals surface area contributed by atoms with Gasteiger partial charge < -0.3 is 5.32 Å². The summed E-state index contributed by atoms with van der Waals surface area (Å²) in [5, 5.41) is 10.0. The maximum atomic E-state index is 4.62. The third-order valence-corrected chi connectivity index (χ3v) is 3.85. The predicted octanol–water partition coefficient (Wildman–Crippen LogP) is 3.17. The van der Waals surface area contributed by atoms with Crippen LogP contribution in [-0.2, 0) is 19.0 Å². The standard InChI is InChI=1S/C14H21N3S/c1-14(2,3)13-11(8-17(5)16-13)12-6-10(7-15-4)9-18-12/h6,8-9,15H,7H2,1-5H3. The molecular weight excluding hydrogens is 242 g/mol. The topological polar surface area (TPSA) is 29.9 Å². The molecule has 0 amide bonds. The fraction of sp³-hybridized carbons (Fsp3) is 0.500. The Balaban J connectivity index is 2.43. The highest BCUT2D eigenvalue weighted by atomic mass is 32.1. The Labute approximate surface area is 113 Å². The van der Waals surface area contributed by atoms with Crippen LogP contribution in [0.3, 0.4) is 0 Å². The number of hydrogen-bond donors (Lipinski definition) is 1. The van der Waals surface area contributed by atoms with Gasteiger partial charge in [0.1, 0.15) is 0 Å². The highest BCUT2D eigenvalue weighted by Gasteiger charge is 2.23. The lowest BCUT2D eigenvalue weighted by Gasteiger charge is -2.16. The van der Waals surface area contributed by atoms with E-state index in [0.29, 0.717) is 0 Å². The average Bonchev–Trinajstić information content (AvgIpc) is 2.84. The molecule has 98 valence electrons. The summed E-state index contributed by atoms with van der Waals surface area (Å²) in [6.45, 7) is 7.55. The van der Waals surface area contributed by atoms with Crippen molar-refractivity contribution in [2.45, 2.75) is 32.7 Å². The van der Waals surface area contributed by atoms with Crippen LogP contribution in [0.4, 0.5) is 0 Å². The summed E-state index contributed by atoms with van der Waals surface area (Å²) in [5.74, 6) is 0. The first-order chi connectivity index (χ1) is 8.41. The number of aromatic nitrogens is 2. The van der Waals surface area contributed by atoms with E-state index in [1.165, 1.54) is 21.7 Å². The molecule has 0 fully saturated rings. The van der Waals surface area contributed by atoms with Crippen molar-refractivity contribution in [3.8, 4) is 10.4 Å². The fourth-order valence-corrected chi connectivity index (χ4v) is 2.96. The second-order valence-corrected chi connectivity index (χ2v) is 6.58. The first-order valence-corrected chi connectivity index (χ1v) is 7.06. The van der Waals surface area contributed by atoms with E-state index >= 15 is 0 Å². The minimum atomic E-state index is 0.0732. The zero-order valence-electron chi connectivity index (χ0n) is 11.7. The van der Waals surface area contributed by atoms with Gasteiger partial charge in [0.15, 0.2) is 0 Å². The molecule has 4 heteroatoms. The number of aryl methyl sites for hydroxylation is 1. The zero-order chi connectivity index (χ0) is 13.3. The molecule has 0 aliphatic rings. The second-order valence-electron chi connectivity index (χ2n) is 5.66. The van der Waals surface area contributed by atoms with Crippen molar-refractivity contribution in [3.63, 3.8) is 0 Å². The Hall–Kier alpha value is -1.13. The summed E-state index contributed by atoms with van der Waals surface area (Å²) in [7, 11) is 3.96. The van der Waals surface area contributed by atoms with Crippen LogP contribution in [0.15, 0.2) is 17.6 Å². The van der Waals surface area contributed by atoms with Gasteiger partial charge in [0, 0.05) is 35.6 Å². The lowest BCUT2D eigenvalue weighted by molar-refractivity contribution is 0.554. The number of rotatable bonds is 3. The van der Waals surface area contributed by atoms with Gasteiger partial charge in [-0.15, -0.1) is 11.3 Å². The summed E-state index contributed by atoms with van der Waals surface area (Å²) in [6.07, 6.45) is 2.12. The predicted molar refractivity (Wildman–Crippen MR) is 78.0 cm³/mol. The van der Waals surface area contributed by atoms with Gasteiger partial charge in [-0.1, -0.05) is 20.8 Å². The first-order valence-electron chi connectivity index (χ1n) is 6.18. The van der Waals surface area contributed by atoms with Crippen molar-refractivity contribution < 1.29 is 0 Å². The Morgan fingerprint density at radius 2 is 2.11 bits per heavy atom. The van der Waals surface area contributed by atoms with E-state index in [1.54, 1.807) is 11.3 Å². The summed E-state index contributed by atoms with van der Waals surface area (Å²) in [5.41, 5.74) is 3.84. The second kappa shape index (κ2) is 4.86. The minimum Gasteiger partial charge on any atom is -0.316 e. The maximum Gasteiger partial charge on any atom is 0.0764 e. The Kier molecular flexibility index (Phi) is 3.59. The van der Waals surface area contributed by atoms with Gasteiger partial charge in [-0.2, -0.15) is 5.10 Å². The SMILES string of the molecule is CNCc1csc(-c2cn(C)nc2C(C)(C)C)c1. The molecule has 0 aromatic carbocycles. The molecule has 0 radical (unpaired) electrons. The molecule has 0 aliphatic heterocycles. The lowest BCUT2D eigenvalue weighted by atomic mass is 9.89. The third kappa shape index (κ3) is 2.65. The van der Waals surface area contributed by atoms with Gasteiger partial charge in [0.2, 0.25) is 0 Å². The molecule has 2 rings (SSSR count). The number of nitrogens with zero attached hydrogens (tertiary/aromatic N) is 2. The summed E-state index contributed by atoms with van der Waals surface area (Å²) in [4.78, 5) is 1.30. The van der Waals surface area contributed by atoms with Crippen LogP contribution in [0.1, 0.15) is 32.0 Å². The minimum absolute atomic E-state index is 0.0732. The number of hydrogen-bond acceptors (Lipinski definition) is 3. The van der Waals surface area contributed by atoms with Crippen LogP contribution in [0.5, 0.6) is 0 Å². The Bertz CT molecular complexity index is 531. The molecule has 1 N–H and O–H groups in total. The maximum absolute atomic E-state index is 4.62. The zero-order valence-corrected chi connectivity index (χ0v) is 12.6. The molecule has 0 unspecified atom stereocenters. The van der Waals surface area contributed by atoms with Gasteiger partial charge in [0.25, 0.3) is 0 Å². The van der Waals surface area contributed by atoms with Crippen molar-refractivity contribution in [1.29, 1.82) is 0 Å². The average molecular weight is 263 g/mol. The van der Waals surface area contributed by atoms with Gasteiger partial charge in [0.05, 0.1) is 5.69 Å². The van der Waals surface area contributed by atoms with Crippen molar-refractivity contribution in [2.75, 3.05) is 7.05 Å². The molecule has 2 aromatic rings. The van der Waals surface area contributed by atoms with Gasteiger partial charge >= 0.3 is 0 Å². The number of nitrogens with one attached hydrogen (secondary N) is 1. The molecule has 2 heterocycles. The molecule has 18 heavy (non-hydrogen) atoms. The largest absolute Gasteiger partial charge is 0.316 e. The van der Waals surface area contributed by atoms with Crippen LogP contribution in [0.25, 0.3) is 10.4 Å². The molecule has 0 bridgehead atoms. The number of thiophene rings is 1. The third-order valence-electron chi connectivity index (χ3n) is 2.84. The van der Waals surface area contributed by atoms with E-state index in [2.05, 4.69) is 48.8 Å². The lowest BCUT2D eigenvalue weighted by Crippen LogP contribution is -2.13. The van der Waals surface area contributed by atoms with E-state index in [9.17, 15) is 0 Å². The summed E-state index contributed by atoms with van der Waals surface area (Å²) < 4.78 is 1.91. The molecule has 2 aromatic heterocycles. The highest BCUT2D eigenvalue weighted by molar-refractivity contribution is 7.13. The van der Waals surface area contributed by atoms with E-state index in [4.69, 9.17) is 0 Å². The molecule has 3 nitrogen and oxygen atoms in total. The van der Waals surface area contributed by atoms with Crippen LogP contribution in [-0.4, -0.2) is 16.8 Å². The van der Waals surface area contributed by atoms with Gasteiger partial charge in [-0.25, -0.2) is 0 Å². The molecular formula is C14H21N3S. The van der Waals surface area contributed by atoms with E-state index < -0.39 is 0 Å². The normalized spacial score (nSPS) is 12.1. The molecule has 0 saturated heterocycles. The Morgan fingerprint density at radius 1 is 1.39 bits per heavy atom. The summed E-state index contributed by atoms with van der Waals surface area (Å²) >= 11 is 1.79. The van der Waals surface area contributed by atoms with Crippen molar-refractivity contribution in [2.24, 2.45) is 7.05 Å². The molecule has 0 saturated carbocycles. The molecule has 0 spiro atoms. The summed E-state index contributed by atoms with van der Waals surface area (Å²) in [6, 6.07) is 2.26. The Morgan fingerprint density at radius 3 is 2.72 bits per heavy atom. The fourth-order valence-electron chi connectivity index (χ4n) is 2.04. The van der Waals surface area contributed by atoms with Crippen molar-refractivity contribution >= 4 is 11.3 Å². The van der Waals surface area contributed by atoms with E-state index in [1.807, 2.05) is 18.8 Å². The van der Waals surface area contributed by atoms with Crippen LogP contribution >= 0.6 is 11.3 Å². The van der Waals surface area contributed by atoms with Gasteiger partial charge in [-0.05, 0) is 24.1 Å². The smallest absolute Gasteiger partial charge is 0.0764 e. The molecule has 0 atom stereocenters. The molecule has 0 aliphatic carbocycles. The first kappa shape index (κ1) is 13.3. The monoisotopic (exact) mass is 263 g/mol. The van der Waals surface area contributed by atoms with Crippen molar-refractivity contribution in [1.82, 2.24) is 15.1 Å². The highest BCUT2D eigenvalue weighted by Crippen LogP contribution is 2.35. The van der Waals surface area contributed by atoms with E-state index in [0.717, 1.165) is 6.54 Å². The van der Waals surface area contributed by atoms with E-state index in [-0.39, 0.29) is 5.41 Å². The van der Waals surface area contributed by atoms with Crippen molar-refractivity contribution in [3.05, 3.63) is 28.9 Å².